The van der Waals surface area contributed by atoms with Crippen LogP contribution in [-0.4, -0.2) is 29.0 Å². The van der Waals surface area contributed by atoms with Gasteiger partial charge in [-0.25, -0.2) is 4.39 Å². The normalized spacial score (nSPS) is 10.5. The van der Waals surface area contributed by atoms with Crippen molar-refractivity contribution >= 4 is 17.6 Å². The van der Waals surface area contributed by atoms with Gasteiger partial charge in [-0.15, -0.1) is 5.10 Å². The quantitative estimate of drug-likeness (QED) is 0.748. The predicted octanol–water partition coefficient (Wildman–Crippen LogP) is 2.75. The van der Waals surface area contributed by atoms with E-state index in [9.17, 15) is 4.39 Å². The summed E-state index contributed by atoms with van der Waals surface area (Å²) in [6, 6.07) is 11.5. The molecule has 0 unspecified atom stereocenters. The van der Waals surface area contributed by atoms with E-state index >= 15 is 0 Å². The van der Waals surface area contributed by atoms with Crippen molar-refractivity contribution in [1.82, 2.24) is 14.8 Å². The zero-order chi connectivity index (χ0) is 17.1. The average Bonchev–Trinajstić information content (AvgIpc) is 2.95. The Balaban J connectivity index is 1.90. The van der Waals surface area contributed by atoms with Gasteiger partial charge in [0.15, 0.2) is 11.5 Å². The lowest BCUT2D eigenvalue weighted by atomic mass is 10.3. The fourth-order valence-corrected chi connectivity index (χ4v) is 2.22. The number of hydrogen-bond acceptors (Lipinski definition) is 6. The van der Waals surface area contributed by atoms with Crippen LogP contribution in [0, 0.1) is 5.82 Å². The Kier molecular flexibility index (Phi) is 4.19. The molecule has 0 saturated carbocycles. The monoisotopic (exact) mass is 329 g/mol. The minimum absolute atomic E-state index is 0.0723. The van der Waals surface area contributed by atoms with Gasteiger partial charge in [-0.3, -0.25) is 0 Å². The lowest BCUT2D eigenvalue weighted by Gasteiger charge is -2.09. The second-order valence-corrected chi connectivity index (χ2v) is 4.85. The summed E-state index contributed by atoms with van der Waals surface area (Å²) in [5, 5.41) is 7.19. The molecule has 0 aliphatic rings. The molecule has 2 aromatic carbocycles. The van der Waals surface area contributed by atoms with Crippen LogP contribution in [0.15, 0.2) is 42.5 Å². The van der Waals surface area contributed by atoms with Crippen molar-refractivity contribution in [3.05, 3.63) is 48.3 Å². The van der Waals surface area contributed by atoms with Gasteiger partial charge in [0.2, 0.25) is 11.9 Å². The molecule has 0 aliphatic carbocycles. The third-order valence-corrected chi connectivity index (χ3v) is 3.35. The second kappa shape index (κ2) is 6.45. The first kappa shape index (κ1) is 15.6. The Morgan fingerprint density at radius 3 is 2.54 bits per heavy atom. The van der Waals surface area contributed by atoms with Crippen molar-refractivity contribution in [1.29, 1.82) is 0 Å². The SMILES string of the molecule is COc1ccc(Nc2nc(N)n(-c3ccccc3F)n2)cc1OC. The fraction of sp³-hybridized carbons (Fsp3) is 0.125. The molecule has 0 radical (unpaired) electrons. The molecule has 0 saturated heterocycles. The van der Waals surface area contributed by atoms with Crippen LogP contribution in [0.1, 0.15) is 0 Å². The van der Waals surface area contributed by atoms with Crippen LogP contribution in [0.3, 0.4) is 0 Å². The van der Waals surface area contributed by atoms with Crippen LogP contribution >= 0.6 is 0 Å². The van der Waals surface area contributed by atoms with E-state index in [1.807, 2.05) is 0 Å². The van der Waals surface area contributed by atoms with Crippen LogP contribution in [0.25, 0.3) is 5.69 Å². The summed E-state index contributed by atoms with van der Waals surface area (Å²) >= 11 is 0. The first-order valence-electron chi connectivity index (χ1n) is 7.09. The summed E-state index contributed by atoms with van der Waals surface area (Å²) in [7, 11) is 3.11. The maximum atomic E-state index is 13.9. The third kappa shape index (κ3) is 2.94. The number of hydrogen-bond donors (Lipinski definition) is 2. The molecular formula is C16H16FN5O2. The Morgan fingerprint density at radius 2 is 1.83 bits per heavy atom. The molecule has 0 bridgehead atoms. The van der Waals surface area contributed by atoms with Crippen LogP contribution in [0.5, 0.6) is 11.5 Å². The Labute approximate surface area is 137 Å². The zero-order valence-electron chi connectivity index (χ0n) is 13.2. The fourth-order valence-electron chi connectivity index (χ4n) is 2.22. The Hall–Kier alpha value is -3.29. The molecule has 7 nitrogen and oxygen atoms in total. The summed E-state index contributed by atoms with van der Waals surface area (Å²) in [6.07, 6.45) is 0. The van der Waals surface area contributed by atoms with Crippen molar-refractivity contribution in [2.75, 3.05) is 25.3 Å². The molecule has 1 heterocycles. The van der Waals surface area contributed by atoms with Gasteiger partial charge < -0.3 is 20.5 Å². The minimum atomic E-state index is -0.438. The number of methoxy groups -OCH3 is 2. The number of nitrogens with two attached hydrogens (primary N) is 1. The summed E-state index contributed by atoms with van der Waals surface area (Å²) in [4.78, 5) is 4.10. The molecule has 3 N–H and O–H groups in total. The van der Waals surface area contributed by atoms with Gasteiger partial charge in [0.25, 0.3) is 0 Å². The molecule has 0 amide bonds. The van der Waals surface area contributed by atoms with Crippen molar-refractivity contribution < 1.29 is 13.9 Å². The number of halogens is 1. The van der Waals surface area contributed by atoms with Crippen LogP contribution in [0.2, 0.25) is 0 Å². The van der Waals surface area contributed by atoms with Crippen molar-refractivity contribution in [2.45, 2.75) is 0 Å². The number of rotatable bonds is 5. The van der Waals surface area contributed by atoms with Gasteiger partial charge in [0, 0.05) is 11.8 Å². The number of nitrogen functional groups attached to an aromatic ring is 1. The zero-order valence-corrected chi connectivity index (χ0v) is 13.2. The average molecular weight is 329 g/mol. The van der Waals surface area contributed by atoms with Gasteiger partial charge in [-0.2, -0.15) is 9.67 Å². The highest BCUT2D eigenvalue weighted by Gasteiger charge is 2.13. The highest BCUT2D eigenvalue weighted by Crippen LogP contribution is 2.30. The molecule has 0 spiro atoms. The molecular weight excluding hydrogens is 313 g/mol. The van der Waals surface area contributed by atoms with Gasteiger partial charge in [-0.1, -0.05) is 12.1 Å². The number of ether oxygens (including phenoxy) is 2. The van der Waals surface area contributed by atoms with E-state index in [0.717, 1.165) is 0 Å². The summed E-state index contributed by atoms with van der Waals surface area (Å²) in [5.74, 6) is 1.04. The molecule has 24 heavy (non-hydrogen) atoms. The van der Waals surface area contributed by atoms with Gasteiger partial charge in [0.1, 0.15) is 11.5 Å². The number of nitrogens with zero attached hydrogens (tertiary/aromatic N) is 3. The van der Waals surface area contributed by atoms with E-state index in [1.54, 1.807) is 50.6 Å². The maximum Gasteiger partial charge on any atom is 0.248 e. The molecule has 3 aromatic rings. The van der Waals surface area contributed by atoms with E-state index < -0.39 is 5.82 Å². The lowest BCUT2D eigenvalue weighted by Crippen LogP contribution is -2.04. The number of benzene rings is 2. The summed E-state index contributed by atoms with van der Waals surface area (Å²) in [6.45, 7) is 0. The topological polar surface area (TPSA) is 87.2 Å². The molecule has 8 heteroatoms. The molecule has 0 atom stereocenters. The molecule has 124 valence electrons. The van der Waals surface area contributed by atoms with Gasteiger partial charge in [-0.05, 0) is 24.3 Å². The lowest BCUT2D eigenvalue weighted by molar-refractivity contribution is 0.355. The molecule has 0 fully saturated rings. The highest BCUT2D eigenvalue weighted by atomic mass is 19.1. The van der Waals surface area contributed by atoms with Crippen LogP contribution in [0.4, 0.5) is 22.0 Å². The largest absolute Gasteiger partial charge is 0.493 e. The summed E-state index contributed by atoms with van der Waals surface area (Å²) < 4.78 is 25.5. The molecule has 1 aromatic heterocycles. The third-order valence-electron chi connectivity index (χ3n) is 3.35. The van der Waals surface area contributed by atoms with Crippen molar-refractivity contribution in [3.63, 3.8) is 0 Å². The van der Waals surface area contributed by atoms with E-state index in [-0.39, 0.29) is 17.6 Å². The number of nitrogens with one attached hydrogen (secondary N) is 1. The number of para-hydroxylation sites is 1. The first-order valence-corrected chi connectivity index (χ1v) is 7.09. The first-order chi connectivity index (χ1) is 11.6. The van der Waals surface area contributed by atoms with E-state index in [4.69, 9.17) is 15.2 Å². The number of aromatic nitrogens is 3. The van der Waals surface area contributed by atoms with Gasteiger partial charge in [0.05, 0.1) is 14.2 Å². The van der Waals surface area contributed by atoms with Gasteiger partial charge >= 0.3 is 0 Å². The smallest absolute Gasteiger partial charge is 0.248 e. The second-order valence-electron chi connectivity index (χ2n) is 4.85. The Bertz CT molecular complexity index is 865. The predicted molar refractivity (Wildman–Crippen MR) is 88.6 cm³/mol. The van der Waals surface area contributed by atoms with E-state index in [2.05, 4.69) is 15.4 Å². The molecule has 3 rings (SSSR count). The van der Waals surface area contributed by atoms with Crippen molar-refractivity contribution in [2.24, 2.45) is 0 Å². The van der Waals surface area contributed by atoms with Crippen LogP contribution in [-0.2, 0) is 0 Å². The minimum Gasteiger partial charge on any atom is -0.493 e. The van der Waals surface area contributed by atoms with Crippen LogP contribution < -0.4 is 20.5 Å². The Morgan fingerprint density at radius 1 is 1.08 bits per heavy atom. The maximum absolute atomic E-state index is 13.9. The molecule has 0 aliphatic heterocycles. The van der Waals surface area contributed by atoms with E-state index in [0.29, 0.717) is 17.2 Å². The van der Waals surface area contributed by atoms with Crippen molar-refractivity contribution in [3.8, 4) is 17.2 Å². The standard InChI is InChI=1S/C16H16FN5O2/c1-23-13-8-7-10(9-14(13)24-2)19-16-20-15(18)22(21-16)12-6-4-3-5-11(12)17/h3-9H,1-2H3,(H3,18,19,20,21). The highest BCUT2D eigenvalue weighted by molar-refractivity contribution is 5.60. The van der Waals surface area contributed by atoms with E-state index in [1.165, 1.54) is 10.7 Å². The number of anilines is 3. The summed E-state index contributed by atoms with van der Waals surface area (Å²) in [5.41, 5.74) is 6.74.